The normalized spacial score (nSPS) is 14.0. The second-order valence-electron chi connectivity index (χ2n) is 8.57. The van der Waals surface area contributed by atoms with Gasteiger partial charge < -0.3 is 19.9 Å². The van der Waals surface area contributed by atoms with Crippen LogP contribution < -0.4 is 15.0 Å². The van der Waals surface area contributed by atoms with Crippen molar-refractivity contribution in [3.05, 3.63) is 52.5 Å². The molecule has 0 bridgehead atoms. The molecule has 0 amide bonds. The fourth-order valence-corrected chi connectivity index (χ4v) is 4.74. The maximum absolute atomic E-state index is 6.21. The number of anilines is 2. The summed E-state index contributed by atoms with van der Waals surface area (Å²) in [5.74, 6) is 0.724. The zero-order chi connectivity index (χ0) is 23.1. The Bertz CT molecular complexity index is 920. The predicted molar refractivity (Wildman–Crippen MR) is 141 cm³/mol. The second kappa shape index (κ2) is 11.8. The predicted octanol–water partition coefficient (Wildman–Crippen LogP) is 6.90. The number of aryl methyl sites for hydroxylation is 1. The monoisotopic (exact) mass is 473 g/mol. The maximum atomic E-state index is 6.21. The summed E-state index contributed by atoms with van der Waals surface area (Å²) in [5, 5.41) is 4.70. The van der Waals surface area contributed by atoms with E-state index in [1.165, 1.54) is 42.6 Å². The Labute approximate surface area is 203 Å². The smallest absolute Gasteiger partial charge is 0.174 e. The molecule has 2 aromatic rings. The second-order valence-corrected chi connectivity index (χ2v) is 9.39. The van der Waals surface area contributed by atoms with Gasteiger partial charge in [-0.15, -0.1) is 0 Å². The molecule has 0 aliphatic carbocycles. The lowest BCUT2D eigenvalue weighted by atomic mass is 9.98. The van der Waals surface area contributed by atoms with Gasteiger partial charge in [0.2, 0.25) is 0 Å². The molecule has 174 valence electrons. The van der Waals surface area contributed by atoms with E-state index < -0.39 is 0 Å². The molecule has 4 nitrogen and oxygen atoms in total. The first-order valence-electron chi connectivity index (χ1n) is 11.7. The van der Waals surface area contributed by atoms with Crippen molar-refractivity contribution in [3.8, 4) is 5.75 Å². The van der Waals surface area contributed by atoms with Gasteiger partial charge in [0.15, 0.2) is 5.11 Å². The zero-order valence-corrected chi connectivity index (χ0v) is 21.4. The number of halogens is 1. The first-order valence-corrected chi connectivity index (χ1v) is 12.5. The number of fused-ring (bicyclic) bond motifs is 1. The van der Waals surface area contributed by atoms with E-state index in [2.05, 4.69) is 54.1 Å². The van der Waals surface area contributed by atoms with Gasteiger partial charge in [0, 0.05) is 36.4 Å². The Morgan fingerprint density at radius 1 is 1.25 bits per heavy atom. The minimum atomic E-state index is 0.303. The number of nitrogens with one attached hydrogen (secondary N) is 1. The van der Waals surface area contributed by atoms with Crippen LogP contribution in [0.3, 0.4) is 0 Å². The molecule has 6 heteroatoms. The van der Waals surface area contributed by atoms with Crippen LogP contribution in [0.4, 0.5) is 11.4 Å². The van der Waals surface area contributed by atoms with Gasteiger partial charge in [-0.1, -0.05) is 44.0 Å². The number of methoxy groups -OCH3 is 1. The Balaban J connectivity index is 1.79. The molecule has 0 radical (unpaired) electrons. The first kappa shape index (κ1) is 24.7. The highest BCUT2D eigenvalue weighted by atomic mass is 35.5. The molecular weight excluding hydrogens is 438 g/mol. The quantitative estimate of drug-likeness (QED) is 0.400. The summed E-state index contributed by atoms with van der Waals surface area (Å²) in [6.07, 6.45) is 5.86. The Hall–Kier alpha value is -1.98. The Morgan fingerprint density at radius 3 is 2.78 bits per heavy atom. The van der Waals surface area contributed by atoms with Crippen molar-refractivity contribution in [2.45, 2.75) is 65.5 Å². The van der Waals surface area contributed by atoms with Gasteiger partial charge in [-0.3, -0.25) is 0 Å². The van der Waals surface area contributed by atoms with Gasteiger partial charge in [-0.25, -0.2) is 0 Å². The summed E-state index contributed by atoms with van der Waals surface area (Å²) in [6.45, 7) is 9.75. The van der Waals surface area contributed by atoms with Crippen LogP contribution in [0.2, 0.25) is 5.02 Å². The third-order valence-electron chi connectivity index (χ3n) is 6.28. The van der Waals surface area contributed by atoms with Crippen LogP contribution in [-0.4, -0.2) is 36.3 Å². The van der Waals surface area contributed by atoms with Gasteiger partial charge in [0.25, 0.3) is 0 Å². The van der Waals surface area contributed by atoms with E-state index in [4.69, 9.17) is 28.6 Å². The lowest BCUT2D eigenvalue weighted by molar-refractivity contribution is 0.319. The van der Waals surface area contributed by atoms with E-state index in [-0.39, 0.29) is 0 Å². The van der Waals surface area contributed by atoms with Gasteiger partial charge in [-0.2, -0.15) is 0 Å². The highest BCUT2D eigenvalue weighted by Crippen LogP contribution is 2.30. The average Bonchev–Trinajstić information content (AvgIpc) is 2.80. The molecule has 1 aliphatic rings. The SMILES string of the molecule is CCCCN1CCCc2cc(CN(C(=S)Nc3cc(Cl)ccc3OC)[C@H](C)CC)ccc21. The number of benzene rings is 2. The number of nitrogens with zero attached hydrogens (tertiary/aromatic N) is 2. The molecule has 0 saturated carbocycles. The van der Waals surface area contributed by atoms with E-state index in [9.17, 15) is 0 Å². The fourth-order valence-electron chi connectivity index (χ4n) is 4.22. The summed E-state index contributed by atoms with van der Waals surface area (Å²) in [7, 11) is 1.65. The van der Waals surface area contributed by atoms with E-state index in [0.717, 1.165) is 37.4 Å². The highest BCUT2D eigenvalue weighted by Gasteiger charge is 2.20. The van der Waals surface area contributed by atoms with Crippen LogP contribution in [-0.2, 0) is 13.0 Å². The summed E-state index contributed by atoms with van der Waals surface area (Å²) in [5.41, 5.74) is 4.95. The van der Waals surface area contributed by atoms with Crippen molar-refractivity contribution in [2.24, 2.45) is 0 Å². The van der Waals surface area contributed by atoms with Crippen LogP contribution in [0.15, 0.2) is 36.4 Å². The number of hydrogen-bond donors (Lipinski definition) is 1. The van der Waals surface area contributed by atoms with Gasteiger partial charge in [-0.05, 0) is 80.2 Å². The van der Waals surface area contributed by atoms with Crippen LogP contribution >= 0.6 is 23.8 Å². The number of hydrogen-bond acceptors (Lipinski definition) is 3. The molecule has 1 N–H and O–H groups in total. The van der Waals surface area contributed by atoms with E-state index in [1.807, 2.05) is 18.2 Å². The summed E-state index contributed by atoms with van der Waals surface area (Å²) < 4.78 is 5.48. The summed E-state index contributed by atoms with van der Waals surface area (Å²) in [6, 6.07) is 12.8. The Kier molecular flexibility index (Phi) is 9.06. The number of rotatable bonds is 9. The molecule has 1 atom stereocenters. The zero-order valence-electron chi connectivity index (χ0n) is 19.8. The molecule has 0 unspecified atom stereocenters. The molecule has 0 spiro atoms. The summed E-state index contributed by atoms with van der Waals surface area (Å²) in [4.78, 5) is 4.81. The standard InChI is InChI=1S/C26H36ClN3OS/c1-5-7-14-29-15-8-9-21-16-20(10-12-24(21)29)18-30(19(3)6-2)26(32)28-23-17-22(27)11-13-25(23)31-4/h10-13,16-17,19H,5-9,14-15,18H2,1-4H3,(H,28,32)/t19-/m1/s1. The number of thiocarbonyl (C=S) groups is 1. The van der Waals surface area contributed by atoms with Crippen molar-refractivity contribution < 1.29 is 4.74 Å². The lowest BCUT2D eigenvalue weighted by Gasteiger charge is -2.34. The van der Waals surface area contributed by atoms with Crippen molar-refractivity contribution >= 4 is 40.3 Å². The van der Waals surface area contributed by atoms with Crippen LogP contribution in [0, 0.1) is 0 Å². The fraction of sp³-hybridized carbons (Fsp3) is 0.500. The van der Waals surface area contributed by atoms with Crippen LogP contribution in [0.25, 0.3) is 0 Å². The molecule has 1 aliphatic heterocycles. The summed E-state index contributed by atoms with van der Waals surface area (Å²) >= 11 is 12.1. The van der Waals surface area contributed by atoms with E-state index in [1.54, 1.807) is 7.11 Å². The molecule has 32 heavy (non-hydrogen) atoms. The number of unbranched alkanes of at least 4 members (excludes halogenated alkanes) is 1. The van der Waals surface area contributed by atoms with Crippen LogP contribution in [0.1, 0.15) is 57.6 Å². The minimum Gasteiger partial charge on any atom is -0.495 e. The van der Waals surface area contributed by atoms with Crippen LogP contribution in [0.5, 0.6) is 5.75 Å². The van der Waals surface area contributed by atoms with Crippen molar-refractivity contribution in [3.63, 3.8) is 0 Å². The molecular formula is C26H36ClN3OS. The topological polar surface area (TPSA) is 27.7 Å². The van der Waals surface area contributed by atoms with Gasteiger partial charge >= 0.3 is 0 Å². The highest BCUT2D eigenvalue weighted by molar-refractivity contribution is 7.80. The minimum absolute atomic E-state index is 0.303. The third-order valence-corrected chi connectivity index (χ3v) is 6.85. The molecule has 0 aromatic heterocycles. The van der Waals surface area contributed by atoms with Gasteiger partial charge in [0.05, 0.1) is 12.8 Å². The first-order chi connectivity index (χ1) is 15.5. The number of ether oxygens (including phenoxy) is 1. The average molecular weight is 474 g/mol. The van der Waals surface area contributed by atoms with Crippen molar-refractivity contribution in [1.29, 1.82) is 0 Å². The largest absolute Gasteiger partial charge is 0.495 e. The third kappa shape index (κ3) is 6.08. The van der Waals surface area contributed by atoms with E-state index in [0.29, 0.717) is 16.2 Å². The molecule has 0 saturated heterocycles. The molecule has 2 aromatic carbocycles. The van der Waals surface area contributed by atoms with Gasteiger partial charge in [0.1, 0.15) is 5.75 Å². The molecule has 3 rings (SSSR count). The van der Waals surface area contributed by atoms with Crippen molar-refractivity contribution in [2.75, 3.05) is 30.4 Å². The maximum Gasteiger partial charge on any atom is 0.174 e. The molecule has 1 heterocycles. The lowest BCUT2D eigenvalue weighted by Crippen LogP contribution is -2.40. The molecule has 0 fully saturated rings. The van der Waals surface area contributed by atoms with Crippen molar-refractivity contribution in [1.82, 2.24) is 4.90 Å². The Morgan fingerprint density at radius 2 is 2.06 bits per heavy atom. The van der Waals surface area contributed by atoms with E-state index >= 15 is 0 Å².